The van der Waals surface area contributed by atoms with Gasteiger partial charge in [0.25, 0.3) is 0 Å². The van der Waals surface area contributed by atoms with Crippen LogP contribution in [0.2, 0.25) is 0 Å². The molecule has 0 unspecified atom stereocenters. The number of likely N-dealkylation sites (tertiary alicyclic amines) is 1. The number of hydrogen-bond acceptors (Lipinski definition) is 3. The average Bonchev–Trinajstić information content (AvgIpc) is 2.47. The highest BCUT2D eigenvalue weighted by atomic mass is 16.6. The third kappa shape index (κ3) is 4.86. The summed E-state index contributed by atoms with van der Waals surface area (Å²) in [5.41, 5.74) is 1.53. The van der Waals surface area contributed by atoms with Crippen molar-refractivity contribution in [2.45, 2.75) is 45.6 Å². The standard InChI is InChI=1S/C18H25NO3/c1-18(2,3)22-17(21)19-10-8-15(9-11-19)12-14-4-6-16(13-20)7-5-14/h4-7,13,15H,8-12H2,1-3H3. The topological polar surface area (TPSA) is 46.6 Å². The quantitative estimate of drug-likeness (QED) is 0.800. The second kappa shape index (κ2) is 6.95. The van der Waals surface area contributed by atoms with Crippen LogP contribution in [0.1, 0.15) is 49.5 Å². The lowest BCUT2D eigenvalue weighted by Gasteiger charge is -2.33. The van der Waals surface area contributed by atoms with E-state index < -0.39 is 5.60 Å². The van der Waals surface area contributed by atoms with Gasteiger partial charge in [-0.3, -0.25) is 4.79 Å². The van der Waals surface area contributed by atoms with Crippen molar-refractivity contribution in [2.75, 3.05) is 13.1 Å². The largest absolute Gasteiger partial charge is 0.444 e. The lowest BCUT2D eigenvalue weighted by atomic mass is 9.90. The van der Waals surface area contributed by atoms with Crippen LogP contribution in [-0.2, 0) is 11.2 Å². The Morgan fingerprint density at radius 3 is 2.32 bits per heavy atom. The molecule has 4 nitrogen and oxygen atoms in total. The van der Waals surface area contributed by atoms with Gasteiger partial charge in [-0.2, -0.15) is 0 Å². The molecular weight excluding hydrogens is 278 g/mol. The van der Waals surface area contributed by atoms with Crippen molar-refractivity contribution in [3.8, 4) is 0 Å². The molecule has 2 rings (SSSR count). The van der Waals surface area contributed by atoms with Gasteiger partial charge in [-0.05, 0) is 51.5 Å². The maximum absolute atomic E-state index is 12.0. The van der Waals surface area contributed by atoms with Crippen molar-refractivity contribution in [3.63, 3.8) is 0 Å². The number of amides is 1. The molecule has 1 aliphatic rings. The van der Waals surface area contributed by atoms with Gasteiger partial charge in [0, 0.05) is 18.7 Å². The Kier molecular flexibility index (Phi) is 5.22. The van der Waals surface area contributed by atoms with E-state index in [0.717, 1.165) is 38.6 Å². The molecule has 1 aliphatic heterocycles. The van der Waals surface area contributed by atoms with Gasteiger partial charge in [-0.25, -0.2) is 4.79 Å². The Balaban J connectivity index is 1.81. The minimum absolute atomic E-state index is 0.207. The third-order valence-corrected chi connectivity index (χ3v) is 3.91. The number of benzene rings is 1. The predicted octanol–water partition coefficient (Wildman–Crippen LogP) is 3.69. The minimum atomic E-state index is -0.436. The van der Waals surface area contributed by atoms with E-state index in [9.17, 15) is 9.59 Å². The predicted molar refractivity (Wildman–Crippen MR) is 86.1 cm³/mol. The Morgan fingerprint density at radius 2 is 1.82 bits per heavy atom. The molecule has 1 heterocycles. The Morgan fingerprint density at radius 1 is 1.23 bits per heavy atom. The fourth-order valence-electron chi connectivity index (χ4n) is 2.71. The average molecular weight is 303 g/mol. The van der Waals surface area contributed by atoms with Crippen LogP contribution in [0, 0.1) is 5.92 Å². The van der Waals surface area contributed by atoms with Gasteiger partial charge in [-0.15, -0.1) is 0 Å². The van der Waals surface area contributed by atoms with E-state index in [0.29, 0.717) is 11.5 Å². The molecule has 1 saturated heterocycles. The van der Waals surface area contributed by atoms with Crippen molar-refractivity contribution in [3.05, 3.63) is 35.4 Å². The summed E-state index contributed by atoms with van der Waals surface area (Å²) in [6.07, 6.45) is 3.65. The fourth-order valence-corrected chi connectivity index (χ4v) is 2.71. The van der Waals surface area contributed by atoms with Crippen LogP contribution in [0.15, 0.2) is 24.3 Å². The molecule has 0 aliphatic carbocycles. The normalized spacial score (nSPS) is 16.4. The third-order valence-electron chi connectivity index (χ3n) is 3.91. The van der Waals surface area contributed by atoms with E-state index in [1.165, 1.54) is 5.56 Å². The van der Waals surface area contributed by atoms with E-state index in [1.807, 2.05) is 45.0 Å². The summed E-state index contributed by atoms with van der Waals surface area (Å²) in [6.45, 7) is 7.18. The number of rotatable bonds is 3. The SMILES string of the molecule is CC(C)(C)OC(=O)N1CCC(Cc2ccc(C=O)cc2)CC1. The lowest BCUT2D eigenvalue weighted by Crippen LogP contribution is -2.42. The molecule has 4 heteroatoms. The smallest absolute Gasteiger partial charge is 0.410 e. The van der Waals surface area contributed by atoms with Gasteiger partial charge in [0.2, 0.25) is 0 Å². The number of carbonyl (C=O) groups is 2. The van der Waals surface area contributed by atoms with Crippen molar-refractivity contribution in [1.82, 2.24) is 4.90 Å². The molecule has 0 aromatic heterocycles. The van der Waals surface area contributed by atoms with Gasteiger partial charge in [0.15, 0.2) is 0 Å². The zero-order valence-corrected chi connectivity index (χ0v) is 13.7. The molecule has 0 spiro atoms. The van der Waals surface area contributed by atoms with Crippen LogP contribution >= 0.6 is 0 Å². The zero-order chi connectivity index (χ0) is 16.2. The second-order valence-corrected chi connectivity index (χ2v) is 6.97. The Bertz CT molecular complexity index is 508. The van der Waals surface area contributed by atoms with Gasteiger partial charge in [-0.1, -0.05) is 24.3 Å². The van der Waals surface area contributed by atoms with Crippen molar-refractivity contribution < 1.29 is 14.3 Å². The van der Waals surface area contributed by atoms with E-state index in [-0.39, 0.29) is 6.09 Å². The van der Waals surface area contributed by atoms with Crippen LogP contribution in [-0.4, -0.2) is 36.0 Å². The number of aldehydes is 1. The summed E-state index contributed by atoms with van der Waals surface area (Å²) in [4.78, 5) is 24.5. The lowest BCUT2D eigenvalue weighted by molar-refractivity contribution is 0.0184. The molecule has 0 bridgehead atoms. The molecule has 22 heavy (non-hydrogen) atoms. The fraction of sp³-hybridized carbons (Fsp3) is 0.556. The number of ether oxygens (including phenoxy) is 1. The van der Waals surface area contributed by atoms with Crippen molar-refractivity contribution in [1.29, 1.82) is 0 Å². The molecule has 1 amide bonds. The molecule has 0 atom stereocenters. The van der Waals surface area contributed by atoms with Gasteiger partial charge < -0.3 is 9.64 Å². The van der Waals surface area contributed by atoms with E-state index in [2.05, 4.69) is 0 Å². The van der Waals surface area contributed by atoms with E-state index in [4.69, 9.17) is 4.74 Å². The first kappa shape index (κ1) is 16.5. The van der Waals surface area contributed by atoms with Crippen LogP contribution in [0.4, 0.5) is 4.79 Å². The monoisotopic (exact) mass is 303 g/mol. The number of carbonyl (C=O) groups excluding carboxylic acids is 2. The van der Waals surface area contributed by atoms with Crippen LogP contribution in [0.3, 0.4) is 0 Å². The maximum Gasteiger partial charge on any atom is 0.410 e. The summed E-state index contributed by atoms with van der Waals surface area (Å²) >= 11 is 0. The molecule has 1 aromatic rings. The summed E-state index contributed by atoms with van der Waals surface area (Å²) < 4.78 is 5.41. The molecule has 0 saturated carbocycles. The van der Waals surface area contributed by atoms with Gasteiger partial charge in [0.05, 0.1) is 0 Å². The second-order valence-electron chi connectivity index (χ2n) is 6.97. The van der Waals surface area contributed by atoms with Crippen molar-refractivity contribution >= 4 is 12.4 Å². The van der Waals surface area contributed by atoms with E-state index in [1.54, 1.807) is 4.90 Å². The van der Waals surface area contributed by atoms with Gasteiger partial charge in [0.1, 0.15) is 11.9 Å². The summed E-state index contributed by atoms with van der Waals surface area (Å²) in [5.74, 6) is 0.584. The molecule has 1 fully saturated rings. The van der Waals surface area contributed by atoms with Crippen LogP contribution < -0.4 is 0 Å². The number of hydrogen-bond donors (Lipinski definition) is 0. The first-order valence-electron chi connectivity index (χ1n) is 7.89. The Hall–Kier alpha value is -1.84. The van der Waals surface area contributed by atoms with Crippen LogP contribution in [0.5, 0.6) is 0 Å². The maximum atomic E-state index is 12.0. The molecule has 0 radical (unpaired) electrons. The zero-order valence-electron chi connectivity index (χ0n) is 13.7. The van der Waals surface area contributed by atoms with Gasteiger partial charge >= 0.3 is 6.09 Å². The highest BCUT2D eigenvalue weighted by Crippen LogP contribution is 2.23. The highest BCUT2D eigenvalue weighted by Gasteiger charge is 2.26. The molecular formula is C18H25NO3. The summed E-state index contributed by atoms with van der Waals surface area (Å²) in [7, 11) is 0. The summed E-state index contributed by atoms with van der Waals surface area (Å²) in [5, 5.41) is 0. The first-order valence-corrected chi connectivity index (χ1v) is 7.89. The summed E-state index contributed by atoms with van der Waals surface area (Å²) in [6, 6.07) is 7.75. The first-order chi connectivity index (χ1) is 10.4. The van der Waals surface area contributed by atoms with Crippen molar-refractivity contribution in [2.24, 2.45) is 5.92 Å². The van der Waals surface area contributed by atoms with E-state index >= 15 is 0 Å². The molecule has 120 valence electrons. The minimum Gasteiger partial charge on any atom is -0.444 e. The highest BCUT2D eigenvalue weighted by molar-refractivity contribution is 5.74. The molecule has 1 aromatic carbocycles. The number of nitrogens with zero attached hydrogens (tertiary/aromatic N) is 1. The van der Waals surface area contributed by atoms with Crippen LogP contribution in [0.25, 0.3) is 0 Å². The molecule has 0 N–H and O–H groups in total. The number of piperidine rings is 1. The Labute approximate surface area is 132 Å².